The first-order valence-electron chi connectivity index (χ1n) is 6.61. The van der Waals surface area contributed by atoms with Gasteiger partial charge in [0, 0.05) is 31.9 Å². The predicted octanol–water partition coefficient (Wildman–Crippen LogP) is 0.825. The van der Waals surface area contributed by atoms with Gasteiger partial charge in [0.05, 0.1) is 19.0 Å². The number of hydrogen-bond donors (Lipinski definition) is 1. The Morgan fingerprint density at radius 1 is 1.48 bits per heavy atom. The summed E-state index contributed by atoms with van der Waals surface area (Å²) in [6.07, 6.45) is 4.48. The summed E-state index contributed by atoms with van der Waals surface area (Å²) in [5.41, 5.74) is 0.851. The van der Waals surface area contributed by atoms with E-state index in [1.165, 1.54) is 10.5 Å². The zero-order chi connectivity index (χ0) is 15.5. The minimum Gasteiger partial charge on any atom is -0.469 e. The van der Waals surface area contributed by atoms with E-state index >= 15 is 0 Å². The normalized spacial score (nSPS) is 12.2. The lowest BCUT2D eigenvalue weighted by atomic mass is 10.3. The molecule has 0 aliphatic heterocycles. The molecule has 0 amide bonds. The number of rotatable bonds is 7. The quantitative estimate of drug-likeness (QED) is 0.819. The SMILES string of the molecule is CNCCn1cc(S(=O)(=O)N(C)Cc2ccoc2C)cn1. The lowest BCUT2D eigenvalue weighted by molar-refractivity contribution is 0.458. The van der Waals surface area contributed by atoms with Crippen LogP contribution in [-0.2, 0) is 23.1 Å². The van der Waals surface area contributed by atoms with Crippen molar-refractivity contribution in [1.29, 1.82) is 0 Å². The van der Waals surface area contributed by atoms with Crippen molar-refractivity contribution in [2.45, 2.75) is 24.9 Å². The van der Waals surface area contributed by atoms with E-state index in [1.54, 1.807) is 30.3 Å². The number of nitrogens with zero attached hydrogens (tertiary/aromatic N) is 3. The summed E-state index contributed by atoms with van der Waals surface area (Å²) < 4.78 is 33.1. The molecule has 0 unspecified atom stereocenters. The largest absolute Gasteiger partial charge is 0.469 e. The molecule has 0 aliphatic rings. The zero-order valence-electron chi connectivity index (χ0n) is 12.4. The van der Waals surface area contributed by atoms with Gasteiger partial charge < -0.3 is 9.73 Å². The summed E-state index contributed by atoms with van der Waals surface area (Å²) in [5, 5.41) is 7.06. The number of sulfonamides is 1. The van der Waals surface area contributed by atoms with Gasteiger partial charge in [0.15, 0.2) is 0 Å². The first kappa shape index (κ1) is 15.7. The van der Waals surface area contributed by atoms with Gasteiger partial charge in [-0.15, -0.1) is 0 Å². The number of hydrogen-bond acceptors (Lipinski definition) is 5. The summed E-state index contributed by atoms with van der Waals surface area (Å²) >= 11 is 0. The first-order valence-corrected chi connectivity index (χ1v) is 8.05. The third kappa shape index (κ3) is 3.52. The zero-order valence-corrected chi connectivity index (χ0v) is 13.2. The van der Waals surface area contributed by atoms with Gasteiger partial charge >= 0.3 is 0 Å². The van der Waals surface area contributed by atoms with Crippen molar-refractivity contribution in [3.8, 4) is 0 Å². The third-order valence-corrected chi connectivity index (χ3v) is 5.02. The van der Waals surface area contributed by atoms with Gasteiger partial charge in [-0.1, -0.05) is 0 Å². The maximum absolute atomic E-state index is 12.5. The molecule has 2 heterocycles. The highest BCUT2D eigenvalue weighted by atomic mass is 32.2. The van der Waals surface area contributed by atoms with Crippen LogP contribution < -0.4 is 5.32 Å². The molecule has 0 aliphatic carbocycles. The second-order valence-corrected chi connectivity index (χ2v) is 6.85. The minimum atomic E-state index is -3.55. The summed E-state index contributed by atoms with van der Waals surface area (Å²) in [6, 6.07) is 1.78. The fourth-order valence-electron chi connectivity index (χ4n) is 1.91. The monoisotopic (exact) mass is 312 g/mol. The molecular weight excluding hydrogens is 292 g/mol. The van der Waals surface area contributed by atoms with E-state index in [-0.39, 0.29) is 11.4 Å². The van der Waals surface area contributed by atoms with E-state index in [0.717, 1.165) is 17.9 Å². The van der Waals surface area contributed by atoms with Crippen LogP contribution in [0.3, 0.4) is 0 Å². The van der Waals surface area contributed by atoms with E-state index in [2.05, 4.69) is 10.4 Å². The molecule has 0 fully saturated rings. The Morgan fingerprint density at radius 3 is 2.86 bits per heavy atom. The minimum absolute atomic E-state index is 0.197. The van der Waals surface area contributed by atoms with Crippen LogP contribution in [0.2, 0.25) is 0 Å². The molecule has 2 aromatic heterocycles. The molecular formula is C13H20N4O3S. The summed E-state index contributed by atoms with van der Waals surface area (Å²) in [5.74, 6) is 0.724. The van der Waals surface area contributed by atoms with Crippen LogP contribution in [0.5, 0.6) is 0 Å². The van der Waals surface area contributed by atoms with E-state index < -0.39 is 10.0 Å². The smallest absolute Gasteiger partial charge is 0.246 e. The van der Waals surface area contributed by atoms with E-state index in [0.29, 0.717) is 6.54 Å². The van der Waals surface area contributed by atoms with Crippen LogP contribution in [-0.4, -0.2) is 43.1 Å². The summed E-state index contributed by atoms with van der Waals surface area (Å²) in [6.45, 7) is 3.43. The van der Waals surface area contributed by atoms with Crippen molar-refractivity contribution in [2.75, 3.05) is 20.6 Å². The first-order chi connectivity index (χ1) is 9.95. The van der Waals surface area contributed by atoms with Gasteiger partial charge in [-0.25, -0.2) is 8.42 Å². The topological polar surface area (TPSA) is 80.4 Å². The molecule has 116 valence electrons. The molecule has 2 aromatic rings. The molecule has 0 radical (unpaired) electrons. The molecule has 8 heteroatoms. The summed E-state index contributed by atoms with van der Waals surface area (Å²) in [4.78, 5) is 0.197. The lowest BCUT2D eigenvalue weighted by Crippen LogP contribution is -2.26. The van der Waals surface area contributed by atoms with E-state index in [9.17, 15) is 8.42 Å². The van der Waals surface area contributed by atoms with Crippen molar-refractivity contribution < 1.29 is 12.8 Å². The van der Waals surface area contributed by atoms with Crippen LogP contribution >= 0.6 is 0 Å². The van der Waals surface area contributed by atoms with Gasteiger partial charge in [-0.3, -0.25) is 4.68 Å². The summed E-state index contributed by atoms with van der Waals surface area (Å²) in [7, 11) is -0.164. The Bertz CT molecular complexity index is 690. The molecule has 7 nitrogen and oxygen atoms in total. The Kier molecular flexibility index (Phi) is 4.81. The number of furan rings is 1. The van der Waals surface area contributed by atoms with Gasteiger partial charge in [0.2, 0.25) is 10.0 Å². The second kappa shape index (κ2) is 6.42. The van der Waals surface area contributed by atoms with Crippen molar-refractivity contribution in [3.05, 3.63) is 36.0 Å². The molecule has 2 rings (SSSR count). The van der Waals surface area contributed by atoms with Crippen LogP contribution in [0.15, 0.2) is 34.0 Å². The van der Waals surface area contributed by atoms with Crippen LogP contribution in [0.4, 0.5) is 0 Å². The fraction of sp³-hybridized carbons (Fsp3) is 0.462. The average molecular weight is 312 g/mol. The van der Waals surface area contributed by atoms with Crippen molar-refractivity contribution in [3.63, 3.8) is 0 Å². The van der Waals surface area contributed by atoms with Crippen molar-refractivity contribution in [1.82, 2.24) is 19.4 Å². The highest BCUT2D eigenvalue weighted by Crippen LogP contribution is 2.18. The Labute approximate surface area is 124 Å². The van der Waals surface area contributed by atoms with E-state index in [1.807, 2.05) is 14.0 Å². The maximum Gasteiger partial charge on any atom is 0.246 e. The Morgan fingerprint density at radius 2 is 2.24 bits per heavy atom. The van der Waals surface area contributed by atoms with Crippen LogP contribution in [0.25, 0.3) is 0 Å². The molecule has 0 aromatic carbocycles. The van der Waals surface area contributed by atoms with Crippen LogP contribution in [0.1, 0.15) is 11.3 Å². The third-order valence-electron chi connectivity index (χ3n) is 3.27. The van der Waals surface area contributed by atoms with Gasteiger partial charge in [-0.05, 0) is 20.0 Å². The van der Waals surface area contributed by atoms with Crippen molar-refractivity contribution >= 4 is 10.0 Å². The fourth-order valence-corrected chi connectivity index (χ4v) is 3.01. The average Bonchev–Trinajstić information content (AvgIpc) is 3.06. The lowest BCUT2D eigenvalue weighted by Gasteiger charge is -2.15. The highest BCUT2D eigenvalue weighted by Gasteiger charge is 2.23. The molecule has 0 atom stereocenters. The van der Waals surface area contributed by atoms with E-state index in [4.69, 9.17) is 4.42 Å². The predicted molar refractivity (Wildman–Crippen MR) is 78.3 cm³/mol. The number of nitrogens with one attached hydrogen (secondary N) is 1. The van der Waals surface area contributed by atoms with Crippen molar-refractivity contribution in [2.24, 2.45) is 0 Å². The molecule has 1 N–H and O–H groups in total. The molecule has 0 bridgehead atoms. The molecule has 0 spiro atoms. The van der Waals surface area contributed by atoms with Gasteiger partial charge in [0.1, 0.15) is 10.7 Å². The number of aromatic nitrogens is 2. The Hall–Kier alpha value is -1.64. The highest BCUT2D eigenvalue weighted by molar-refractivity contribution is 7.89. The second-order valence-electron chi connectivity index (χ2n) is 4.81. The van der Waals surface area contributed by atoms with Gasteiger partial charge in [-0.2, -0.15) is 9.40 Å². The Balaban J connectivity index is 2.13. The standard InChI is InChI=1S/C13H20N4O3S/c1-11-12(4-7-20-11)9-16(3)21(18,19)13-8-15-17(10-13)6-5-14-2/h4,7-8,10,14H,5-6,9H2,1-3H3. The maximum atomic E-state index is 12.5. The molecule has 21 heavy (non-hydrogen) atoms. The van der Waals surface area contributed by atoms with Crippen LogP contribution in [0, 0.1) is 6.92 Å². The number of aryl methyl sites for hydroxylation is 1. The van der Waals surface area contributed by atoms with Gasteiger partial charge in [0.25, 0.3) is 0 Å². The molecule has 0 saturated carbocycles. The number of likely N-dealkylation sites (N-methyl/N-ethyl adjacent to an activating group) is 1. The molecule has 0 saturated heterocycles.